The molecule has 1 saturated heterocycles. The van der Waals surface area contributed by atoms with Crippen molar-refractivity contribution in [2.75, 3.05) is 36.4 Å². The van der Waals surface area contributed by atoms with Gasteiger partial charge < -0.3 is 10.2 Å². The van der Waals surface area contributed by atoms with E-state index in [0.29, 0.717) is 12.1 Å². The standard InChI is InChI=1S/C24H30F2N6/c1-4-5-19-13-21-22(14-27-19)29-23(28-16(2)3)24(30-21)32-10-8-31(9-11-32)15-17-6-7-18(25)12-20(17)26/h6-7,12-14,16H,4-5,8-11,15H2,1-3H3,(H,28,29). The number of rotatable bonds is 7. The fourth-order valence-electron chi connectivity index (χ4n) is 3.98. The summed E-state index contributed by atoms with van der Waals surface area (Å²) in [6.45, 7) is 9.78. The van der Waals surface area contributed by atoms with Crippen LogP contribution in [0.2, 0.25) is 0 Å². The highest BCUT2D eigenvalue weighted by atomic mass is 19.1. The lowest BCUT2D eigenvalue weighted by atomic mass is 10.1. The number of halogens is 2. The molecule has 3 heterocycles. The van der Waals surface area contributed by atoms with E-state index in [9.17, 15) is 8.78 Å². The molecule has 0 saturated carbocycles. The molecule has 1 aromatic carbocycles. The number of hydrogen-bond acceptors (Lipinski definition) is 6. The zero-order valence-electron chi connectivity index (χ0n) is 18.9. The highest BCUT2D eigenvalue weighted by molar-refractivity contribution is 5.80. The molecule has 0 atom stereocenters. The molecule has 3 aromatic rings. The Morgan fingerprint density at radius 1 is 1.03 bits per heavy atom. The second-order valence-electron chi connectivity index (χ2n) is 8.61. The van der Waals surface area contributed by atoms with Crippen LogP contribution < -0.4 is 10.2 Å². The molecule has 1 N–H and O–H groups in total. The number of aromatic nitrogens is 3. The number of nitrogens with one attached hydrogen (secondary N) is 1. The van der Waals surface area contributed by atoms with Gasteiger partial charge in [-0.1, -0.05) is 19.4 Å². The van der Waals surface area contributed by atoms with Crippen molar-refractivity contribution in [2.45, 2.75) is 46.2 Å². The number of pyridine rings is 1. The molecular weight excluding hydrogens is 410 g/mol. The predicted octanol–water partition coefficient (Wildman–Crippen LogP) is 4.40. The van der Waals surface area contributed by atoms with E-state index >= 15 is 0 Å². The van der Waals surface area contributed by atoms with Gasteiger partial charge in [0.2, 0.25) is 0 Å². The number of hydrogen-bond donors (Lipinski definition) is 1. The van der Waals surface area contributed by atoms with Crippen LogP contribution in [-0.2, 0) is 13.0 Å². The van der Waals surface area contributed by atoms with Crippen LogP contribution in [-0.4, -0.2) is 52.1 Å². The number of aryl methyl sites for hydroxylation is 1. The molecule has 4 rings (SSSR count). The summed E-state index contributed by atoms with van der Waals surface area (Å²) in [5.41, 5.74) is 3.17. The molecular formula is C24H30F2N6. The molecule has 0 unspecified atom stereocenters. The Hall–Kier alpha value is -2.87. The van der Waals surface area contributed by atoms with Gasteiger partial charge in [0.15, 0.2) is 11.6 Å². The molecule has 1 aliphatic rings. The smallest absolute Gasteiger partial charge is 0.172 e. The molecule has 6 nitrogen and oxygen atoms in total. The normalized spacial score (nSPS) is 15.0. The average molecular weight is 441 g/mol. The van der Waals surface area contributed by atoms with Gasteiger partial charge >= 0.3 is 0 Å². The maximum absolute atomic E-state index is 14.0. The first-order valence-corrected chi connectivity index (χ1v) is 11.3. The Balaban J connectivity index is 1.54. The zero-order chi connectivity index (χ0) is 22.7. The van der Waals surface area contributed by atoms with Crippen molar-refractivity contribution in [1.29, 1.82) is 0 Å². The summed E-state index contributed by atoms with van der Waals surface area (Å²) in [6.07, 6.45) is 3.75. The zero-order valence-corrected chi connectivity index (χ0v) is 18.9. The van der Waals surface area contributed by atoms with Crippen LogP contribution in [0.4, 0.5) is 20.4 Å². The van der Waals surface area contributed by atoms with Crippen molar-refractivity contribution in [2.24, 2.45) is 0 Å². The third-order valence-corrected chi connectivity index (χ3v) is 5.60. The molecule has 0 bridgehead atoms. The first-order valence-electron chi connectivity index (χ1n) is 11.3. The Morgan fingerprint density at radius 2 is 1.81 bits per heavy atom. The molecule has 0 radical (unpaired) electrons. The van der Waals surface area contributed by atoms with Crippen LogP contribution in [0, 0.1) is 11.6 Å². The maximum atomic E-state index is 14.0. The lowest BCUT2D eigenvalue weighted by Gasteiger charge is -2.36. The number of fused-ring (bicyclic) bond motifs is 1. The predicted molar refractivity (Wildman–Crippen MR) is 124 cm³/mol. The van der Waals surface area contributed by atoms with Crippen molar-refractivity contribution < 1.29 is 8.78 Å². The lowest BCUT2D eigenvalue weighted by Crippen LogP contribution is -2.46. The third-order valence-electron chi connectivity index (χ3n) is 5.60. The summed E-state index contributed by atoms with van der Waals surface area (Å²) < 4.78 is 27.2. The Kier molecular flexibility index (Phi) is 6.79. The van der Waals surface area contributed by atoms with Gasteiger partial charge in [-0.05, 0) is 32.4 Å². The van der Waals surface area contributed by atoms with Crippen LogP contribution in [0.15, 0.2) is 30.5 Å². The van der Waals surface area contributed by atoms with E-state index in [1.54, 1.807) is 6.20 Å². The van der Waals surface area contributed by atoms with Crippen molar-refractivity contribution in [3.8, 4) is 0 Å². The van der Waals surface area contributed by atoms with Crippen molar-refractivity contribution in [3.05, 3.63) is 53.4 Å². The number of anilines is 2. The molecule has 0 amide bonds. The minimum atomic E-state index is -0.548. The molecule has 1 fully saturated rings. The van der Waals surface area contributed by atoms with Gasteiger partial charge in [-0.2, -0.15) is 0 Å². The van der Waals surface area contributed by atoms with Crippen molar-refractivity contribution >= 4 is 22.7 Å². The number of benzene rings is 1. The van der Waals surface area contributed by atoms with E-state index in [1.165, 1.54) is 12.1 Å². The molecule has 8 heteroatoms. The minimum absolute atomic E-state index is 0.218. The van der Waals surface area contributed by atoms with E-state index in [4.69, 9.17) is 9.97 Å². The topological polar surface area (TPSA) is 57.2 Å². The molecule has 1 aliphatic heterocycles. The Bertz CT molecular complexity index is 1080. The van der Waals surface area contributed by atoms with Crippen LogP contribution in [0.1, 0.15) is 38.4 Å². The van der Waals surface area contributed by atoms with Gasteiger partial charge in [0, 0.05) is 56.1 Å². The molecule has 2 aromatic heterocycles. The quantitative estimate of drug-likeness (QED) is 0.588. The molecule has 32 heavy (non-hydrogen) atoms. The van der Waals surface area contributed by atoms with Gasteiger partial charge in [0.1, 0.15) is 17.2 Å². The minimum Gasteiger partial charge on any atom is -0.365 e. The maximum Gasteiger partial charge on any atom is 0.172 e. The van der Waals surface area contributed by atoms with E-state index < -0.39 is 11.6 Å². The second-order valence-corrected chi connectivity index (χ2v) is 8.61. The van der Waals surface area contributed by atoms with Gasteiger partial charge in [-0.25, -0.2) is 18.7 Å². The van der Waals surface area contributed by atoms with Crippen molar-refractivity contribution in [1.82, 2.24) is 19.9 Å². The Labute approximate surface area is 187 Å². The first-order chi connectivity index (χ1) is 15.4. The van der Waals surface area contributed by atoms with Crippen molar-refractivity contribution in [3.63, 3.8) is 0 Å². The highest BCUT2D eigenvalue weighted by Crippen LogP contribution is 2.27. The third kappa shape index (κ3) is 5.12. The first kappa shape index (κ1) is 22.3. The van der Waals surface area contributed by atoms with E-state index in [-0.39, 0.29) is 6.04 Å². The van der Waals surface area contributed by atoms with Gasteiger partial charge in [-0.3, -0.25) is 9.88 Å². The van der Waals surface area contributed by atoms with Crippen LogP contribution in [0.3, 0.4) is 0 Å². The largest absolute Gasteiger partial charge is 0.365 e. The summed E-state index contributed by atoms with van der Waals surface area (Å²) in [5.74, 6) is 0.559. The summed E-state index contributed by atoms with van der Waals surface area (Å²) in [5, 5.41) is 3.42. The fraction of sp³-hybridized carbons (Fsp3) is 0.458. The van der Waals surface area contributed by atoms with Gasteiger partial charge in [0.25, 0.3) is 0 Å². The van der Waals surface area contributed by atoms with E-state index in [0.717, 1.165) is 73.5 Å². The molecule has 0 spiro atoms. The summed E-state index contributed by atoms with van der Waals surface area (Å²) >= 11 is 0. The van der Waals surface area contributed by atoms with Gasteiger partial charge in [-0.15, -0.1) is 0 Å². The summed E-state index contributed by atoms with van der Waals surface area (Å²) in [6, 6.07) is 6.03. The fourth-order valence-corrected chi connectivity index (χ4v) is 3.98. The summed E-state index contributed by atoms with van der Waals surface area (Å²) in [4.78, 5) is 18.7. The SMILES string of the molecule is CCCc1cc2nc(N3CCN(Cc4ccc(F)cc4F)CC3)c(NC(C)C)nc2cn1. The highest BCUT2D eigenvalue weighted by Gasteiger charge is 2.23. The molecule has 170 valence electrons. The monoisotopic (exact) mass is 440 g/mol. The molecule has 0 aliphatic carbocycles. The summed E-state index contributed by atoms with van der Waals surface area (Å²) in [7, 11) is 0. The van der Waals surface area contributed by atoms with E-state index in [2.05, 4.69) is 40.9 Å². The van der Waals surface area contributed by atoms with Crippen LogP contribution in [0.5, 0.6) is 0 Å². The average Bonchev–Trinajstić information content (AvgIpc) is 2.76. The van der Waals surface area contributed by atoms with Crippen LogP contribution in [0.25, 0.3) is 11.0 Å². The van der Waals surface area contributed by atoms with Crippen LogP contribution >= 0.6 is 0 Å². The Morgan fingerprint density at radius 3 is 2.50 bits per heavy atom. The lowest BCUT2D eigenvalue weighted by molar-refractivity contribution is 0.246. The second kappa shape index (κ2) is 9.73. The number of piperazine rings is 1. The van der Waals surface area contributed by atoms with E-state index in [1.807, 2.05) is 6.07 Å². The van der Waals surface area contributed by atoms with Gasteiger partial charge in [0.05, 0.1) is 11.7 Å². The number of nitrogens with zero attached hydrogens (tertiary/aromatic N) is 5.